The van der Waals surface area contributed by atoms with Gasteiger partial charge in [-0.25, -0.2) is 4.98 Å². The molecule has 0 atom stereocenters. The second kappa shape index (κ2) is 6.86. The Labute approximate surface area is 174 Å². The molecule has 6 heterocycles. The molecule has 0 bridgehead atoms. The number of aromatic amines is 2. The van der Waals surface area contributed by atoms with E-state index in [4.69, 9.17) is 4.98 Å². The fourth-order valence-electron chi connectivity index (χ4n) is 3.95. The zero-order valence-corrected chi connectivity index (χ0v) is 16.7. The van der Waals surface area contributed by atoms with Gasteiger partial charge in [0.05, 0.1) is 28.6 Å². The minimum Gasteiger partial charge on any atom is -0.352 e. The van der Waals surface area contributed by atoms with Gasteiger partial charge >= 0.3 is 0 Å². The van der Waals surface area contributed by atoms with Gasteiger partial charge in [-0.3, -0.25) is 10.1 Å². The fraction of sp³-hybridized carbons (Fsp3) is 0.136. The molecule has 0 aliphatic carbocycles. The van der Waals surface area contributed by atoms with Crippen molar-refractivity contribution in [3.05, 3.63) is 59.6 Å². The lowest BCUT2D eigenvalue weighted by Crippen LogP contribution is -2.20. The Morgan fingerprint density at radius 2 is 2.03 bits per heavy atom. The van der Waals surface area contributed by atoms with Gasteiger partial charge in [-0.2, -0.15) is 9.49 Å². The van der Waals surface area contributed by atoms with Crippen LogP contribution in [-0.4, -0.2) is 38.2 Å². The summed E-state index contributed by atoms with van der Waals surface area (Å²) in [5, 5.41) is 11.7. The average molecular weight is 416 g/mol. The molecule has 0 saturated heterocycles. The third kappa shape index (κ3) is 2.84. The van der Waals surface area contributed by atoms with Crippen molar-refractivity contribution in [1.29, 1.82) is 0 Å². The second-order valence-electron chi connectivity index (χ2n) is 7.28. The highest BCUT2D eigenvalue weighted by atomic mass is 32.1. The molecule has 148 valence electrons. The van der Waals surface area contributed by atoms with Gasteiger partial charge in [0, 0.05) is 28.6 Å². The van der Waals surface area contributed by atoms with Gasteiger partial charge in [-0.05, 0) is 48.9 Å². The van der Waals surface area contributed by atoms with Crippen LogP contribution in [0, 0.1) is 5.13 Å². The van der Waals surface area contributed by atoms with Crippen LogP contribution in [0.15, 0.2) is 48.8 Å². The topological polar surface area (TPSA) is 82.3 Å². The molecule has 30 heavy (non-hydrogen) atoms. The number of nitrogens with one attached hydrogen (secondary N) is 3. The van der Waals surface area contributed by atoms with Crippen LogP contribution in [0.4, 0.5) is 4.39 Å². The van der Waals surface area contributed by atoms with E-state index in [-0.39, 0.29) is 5.13 Å². The molecule has 1 aliphatic rings. The molecule has 0 spiro atoms. The maximum Gasteiger partial charge on any atom is 0.176 e. The number of halogens is 1. The van der Waals surface area contributed by atoms with E-state index in [0.29, 0.717) is 0 Å². The molecular weight excluding hydrogens is 399 g/mol. The zero-order chi connectivity index (χ0) is 20.1. The largest absolute Gasteiger partial charge is 0.352 e. The molecular formula is C22H17FN6S. The van der Waals surface area contributed by atoms with Crippen molar-refractivity contribution in [1.82, 2.24) is 30.5 Å². The normalized spacial score (nSPS) is 14.5. The van der Waals surface area contributed by atoms with Crippen LogP contribution in [0.1, 0.15) is 12.1 Å². The highest BCUT2D eigenvalue weighted by Gasteiger charge is 2.17. The van der Waals surface area contributed by atoms with E-state index in [0.717, 1.165) is 80.3 Å². The lowest BCUT2D eigenvalue weighted by atomic mass is 10.0. The number of aromatic nitrogens is 5. The molecule has 5 aromatic rings. The average Bonchev–Trinajstić information content (AvgIpc) is 3.51. The number of H-pyrrole nitrogens is 2. The maximum atomic E-state index is 13.6. The number of rotatable bonds is 3. The van der Waals surface area contributed by atoms with E-state index < -0.39 is 0 Å². The predicted molar refractivity (Wildman–Crippen MR) is 118 cm³/mol. The van der Waals surface area contributed by atoms with Crippen LogP contribution in [0.5, 0.6) is 0 Å². The standard InChI is InChI=1S/C22H17FN6S/c23-20-4-3-19(30-20)14-10-25-11-18-13(14)9-17(26-18)22-21-16(28-29-22)2-1-15(27-21)12-5-7-24-8-6-12/h1-5,9-11,24,26H,6-8H2,(H,28,29). The van der Waals surface area contributed by atoms with Crippen molar-refractivity contribution in [2.24, 2.45) is 0 Å². The number of pyridine rings is 2. The Morgan fingerprint density at radius 3 is 2.87 bits per heavy atom. The van der Waals surface area contributed by atoms with Crippen LogP contribution in [0.25, 0.3) is 49.3 Å². The summed E-state index contributed by atoms with van der Waals surface area (Å²) in [6.45, 7) is 1.83. The Bertz CT molecular complexity index is 1430. The van der Waals surface area contributed by atoms with Gasteiger partial charge in [-0.15, -0.1) is 11.3 Å². The van der Waals surface area contributed by atoms with Gasteiger partial charge in [0.2, 0.25) is 0 Å². The third-order valence-electron chi connectivity index (χ3n) is 5.44. The molecule has 0 aromatic carbocycles. The minimum atomic E-state index is -0.208. The third-order valence-corrected chi connectivity index (χ3v) is 6.35. The predicted octanol–water partition coefficient (Wildman–Crippen LogP) is 4.75. The Balaban J connectivity index is 1.49. The first kappa shape index (κ1) is 17.5. The van der Waals surface area contributed by atoms with Crippen molar-refractivity contribution < 1.29 is 4.39 Å². The molecule has 1 aliphatic heterocycles. The Morgan fingerprint density at radius 1 is 1.07 bits per heavy atom. The lowest BCUT2D eigenvalue weighted by molar-refractivity contribution is 0.657. The molecule has 3 N–H and O–H groups in total. The maximum absolute atomic E-state index is 13.6. The summed E-state index contributed by atoms with van der Waals surface area (Å²) in [4.78, 5) is 13.5. The Kier molecular flexibility index (Phi) is 4.00. The number of hydrogen-bond acceptors (Lipinski definition) is 5. The molecule has 0 radical (unpaired) electrons. The highest BCUT2D eigenvalue weighted by molar-refractivity contribution is 7.14. The van der Waals surface area contributed by atoms with Gasteiger partial charge < -0.3 is 10.3 Å². The monoisotopic (exact) mass is 416 g/mol. The zero-order valence-electron chi connectivity index (χ0n) is 15.9. The van der Waals surface area contributed by atoms with Gasteiger partial charge in [0.1, 0.15) is 11.2 Å². The van der Waals surface area contributed by atoms with E-state index in [1.165, 1.54) is 11.6 Å². The van der Waals surface area contributed by atoms with Crippen LogP contribution < -0.4 is 5.32 Å². The number of thiophene rings is 1. The molecule has 0 unspecified atom stereocenters. The van der Waals surface area contributed by atoms with Crippen LogP contribution >= 0.6 is 11.3 Å². The first-order valence-corrected chi connectivity index (χ1v) is 10.6. The molecule has 5 aromatic heterocycles. The summed E-state index contributed by atoms with van der Waals surface area (Å²) < 4.78 is 13.6. The first-order valence-electron chi connectivity index (χ1n) is 9.74. The fourth-order valence-corrected chi connectivity index (χ4v) is 4.71. The van der Waals surface area contributed by atoms with Crippen molar-refractivity contribution in [2.45, 2.75) is 6.42 Å². The number of nitrogens with zero attached hydrogens (tertiary/aromatic N) is 3. The summed E-state index contributed by atoms with van der Waals surface area (Å²) in [6, 6.07) is 9.38. The van der Waals surface area contributed by atoms with Crippen LogP contribution in [-0.2, 0) is 0 Å². The van der Waals surface area contributed by atoms with Gasteiger partial charge in [0.25, 0.3) is 0 Å². The minimum absolute atomic E-state index is 0.208. The van der Waals surface area contributed by atoms with Crippen LogP contribution in [0.2, 0.25) is 0 Å². The number of hydrogen-bond donors (Lipinski definition) is 3. The quantitative estimate of drug-likeness (QED) is 0.397. The van der Waals surface area contributed by atoms with Crippen molar-refractivity contribution in [2.75, 3.05) is 13.1 Å². The smallest absolute Gasteiger partial charge is 0.176 e. The molecule has 0 amide bonds. The van der Waals surface area contributed by atoms with E-state index in [1.54, 1.807) is 18.5 Å². The van der Waals surface area contributed by atoms with Crippen molar-refractivity contribution >= 4 is 38.8 Å². The molecule has 0 saturated carbocycles. The SMILES string of the molecule is Fc1ccc(-c2cncc3[nH]c(-c4n[nH]c5ccc(C6=CCNCC6)nc45)cc23)s1. The van der Waals surface area contributed by atoms with E-state index in [2.05, 4.69) is 31.6 Å². The highest BCUT2D eigenvalue weighted by Crippen LogP contribution is 2.35. The van der Waals surface area contributed by atoms with Gasteiger partial charge in [0.15, 0.2) is 5.13 Å². The van der Waals surface area contributed by atoms with Crippen molar-refractivity contribution in [3.63, 3.8) is 0 Å². The summed E-state index contributed by atoms with van der Waals surface area (Å²) in [7, 11) is 0. The molecule has 6 nitrogen and oxygen atoms in total. The van der Waals surface area contributed by atoms with E-state index >= 15 is 0 Å². The first-order chi connectivity index (χ1) is 14.8. The summed E-state index contributed by atoms with van der Waals surface area (Å²) in [6.07, 6.45) is 6.70. The van der Waals surface area contributed by atoms with E-state index in [1.807, 2.05) is 18.2 Å². The summed E-state index contributed by atoms with van der Waals surface area (Å²) in [5.41, 5.74) is 7.36. The Hall–Kier alpha value is -3.36. The summed E-state index contributed by atoms with van der Waals surface area (Å²) >= 11 is 1.12. The second-order valence-corrected chi connectivity index (χ2v) is 8.32. The van der Waals surface area contributed by atoms with E-state index in [9.17, 15) is 4.39 Å². The molecule has 6 rings (SSSR count). The van der Waals surface area contributed by atoms with Gasteiger partial charge in [-0.1, -0.05) is 6.08 Å². The lowest BCUT2D eigenvalue weighted by Gasteiger charge is -2.13. The summed E-state index contributed by atoms with van der Waals surface area (Å²) in [5.74, 6) is 0. The number of fused-ring (bicyclic) bond motifs is 2. The van der Waals surface area contributed by atoms with Crippen molar-refractivity contribution in [3.8, 4) is 21.8 Å². The molecule has 0 fully saturated rings. The molecule has 8 heteroatoms. The van der Waals surface area contributed by atoms with Crippen LogP contribution in [0.3, 0.4) is 0 Å².